The molecule has 1 N–H and O–H groups in total. The predicted molar refractivity (Wildman–Crippen MR) is 140 cm³/mol. The van der Waals surface area contributed by atoms with E-state index in [-0.39, 0.29) is 18.8 Å². The Morgan fingerprint density at radius 1 is 1.03 bits per heavy atom. The number of rotatable bonds is 17. The van der Waals surface area contributed by atoms with Gasteiger partial charge in [0.15, 0.2) is 6.10 Å². The topological polar surface area (TPSA) is 85.3 Å². The standard InChI is InChI=1S/C27H36FNO6S/c1-3-5-6-17-36-18-15-29(27(32)35-24-9-7-8-22(28)20-24)14-16-34-23-12-10-21(11-13-23)19-25(26(30)31)33-4-2/h7-13,20,25H,3-6,14-19H2,1-2H3,(H,30,31). The number of carbonyl (C=O) groups excluding carboxylic acids is 1. The number of carbonyl (C=O) groups is 2. The van der Waals surface area contributed by atoms with E-state index >= 15 is 0 Å². The zero-order valence-corrected chi connectivity index (χ0v) is 21.8. The lowest BCUT2D eigenvalue weighted by atomic mass is 10.1. The third-order valence-electron chi connectivity index (χ3n) is 5.27. The van der Waals surface area contributed by atoms with Gasteiger partial charge in [-0.2, -0.15) is 11.8 Å². The van der Waals surface area contributed by atoms with Crippen LogP contribution < -0.4 is 9.47 Å². The van der Waals surface area contributed by atoms with E-state index in [2.05, 4.69) is 6.92 Å². The highest BCUT2D eigenvalue weighted by atomic mass is 32.2. The molecule has 7 nitrogen and oxygen atoms in total. The third-order valence-corrected chi connectivity index (χ3v) is 6.32. The van der Waals surface area contributed by atoms with Crippen molar-refractivity contribution >= 4 is 23.8 Å². The minimum Gasteiger partial charge on any atom is -0.492 e. The number of thioether (sulfide) groups is 1. The summed E-state index contributed by atoms with van der Waals surface area (Å²) in [5, 5.41) is 9.24. The SMILES string of the molecule is CCCCCSCCN(CCOc1ccc(CC(OCC)C(=O)O)cc1)C(=O)Oc1cccc(F)c1. The summed E-state index contributed by atoms with van der Waals surface area (Å²) in [4.78, 5) is 25.6. The maximum atomic E-state index is 13.5. The predicted octanol–water partition coefficient (Wildman–Crippen LogP) is 5.66. The molecular formula is C27H36FNO6S. The number of hydrogen-bond acceptors (Lipinski definition) is 6. The highest BCUT2D eigenvalue weighted by Crippen LogP contribution is 2.16. The number of carboxylic acid groups (broad SMARTS) is 1. The minimum absolute atomic E-state index is 0.156. The largest absolute Gasteiger partial charge is 0.492 e. The van der Waals surface area contributed by atoms with Crippen molar-refractivity contribution in [1.29, 1.82) is 0 Å². The molecule has 0 aliphatic carbocycles. The summed E-state index contributed by atoms with van der Waals surface area (Å²) in [6.45, 7) is 5.28. The molecule has 0 saturated carbocycles. The lowest BCUT2D eigenvalue weighted by Gasteiger charge is -2.22. The maximum absolute atomic E-state index is 13.5. The molecule has 0 radical (unpaired) electrons. The summed E-state index contributed by atoms with van der Waals surface area (Å²) in [5.41, 5.74) is 0.823. The van der Waals surface area contributed by atoms with Crippen LogP contribution in [0.25, 0.3) is 0 Å². The van der Waals surface area contributed by atoms with Crippen LogP contribution in [0.5, 0.6) is 11.5 Å². The first-order valence-electron chi connectivity index (χ1n) is 12.3. The number of nitrogens with zero attached hydrogens (tertiary/aromatic N) is 1. The van der Waals surface area contributed by atoms with Crippen LogP contribution in [0.4, 0.5) is 9.18 Å². The Bertz CT molecular complexity index is 927. The quantitative estimate of drug-likeness (QED) is 0.269. The van der Waals surface area contributed by atoms with Gasteiger partial charge >= 0.3 is 12.1 Å². The van der Waals surface area contributed by atoms with Gasteiger partial charge in [-0.1, -0.05) is 38.0 Å². The lowest BCUT2D eigenvalue weighted by molar-refractivity contribution is -0.149. The van der Waals surface area contributed by atoms with E-state index in [0.717, 1.165) is 29.9 Å². The molecule has 2 aromatic rings. The fourth-order valence-electron chi connectivity index (χ4n) is 3.35. The van der Waals surface area contributed by atoms with Gasteiger partial charge in [0.05, 0.1) is 6.54 Å². The van der Waals surface area contributed by atoms with Crippen LogP contribution in [-0.2, 0) is 16.0 Å². The van der Waals surface area contributed by atoms with Gasteiger partial charge in [0.2, 0.25) is 0 Å². The number of unbranched alkanes of at least 4 members (excludes halogenated alkanes) is 2. The number of carboxylic acids is 1. The highest BCUT2D eigenvalue weighted by Gasteiger charge is 2.18. The molecule has 0 fully saturated rings. The number of benzene rings is 2. The summed E-state index contributed by atoms with van der Waals surface area (Å²) in [6, 6.07) is 12.6. The van der Waals surface area contributed by atoms with Gasteiger partial charge in [0, 0.05) is 31.4 Å². The van der Waals surface area contributed by atoms with Crippen molar-refractivity contribution < 1.29 is 33.3 Å². The van der Waals surface area contributed by atoms with Gasteiger partial charge in [-0.15, -0.1) is 0 Å². The summed E-state index contributed by atoms with van der Waals surface area (Å²) in [5.74, 6) is 1.10. The minimum atomic E-state index is -0.995. The van der Waals surface area contributed by atoms with Crippen molar-refractivity contribution in [1.82, 2.24) is 4.90 Å². The van der Waals surface area contributed by atoms with Crippen LogP contribution >= 0.6 is 11.8 Å². The fourth-order valence-corrected chi connectivity index (χ4v) is 4.31. The van der Waals surface area contributed by atoms with Crippen LogP contribution in [-0.4, -0.2) is 66.0 Å². The highest BCUT2D eigenvalue weighted by molar-refractivity contribution is 7.99. The number of hydrogen-bond donors (Lipinski definition) is 1. The maximum Gasteiger partial charge on any atom is 0.415 e. The first kappa shape index (κ1) is 29.5. The van der Waals surface area contributed by atoms with E-state index in [4.69, 9.17) is 14.2 Å². The second-order valence-corrected chi connectivity index (χ2v) is 9.34. The molecule has 2 rings (SSSR count). The monoisotopic (exact) mass is 521 g/mol. The molecule has 1 unspecified atom stereocenters. The Morgan fingerprint density at radius 3 is 2.47 bits per heavy atom. The zero-order chi connectivity index (χ0) is 26.2. The lowest BCUT2D eigenvalue weighted by Crippen LogP contribution is -2.38. The van der Waals surface area contributed by atoms with Crippen molar-refractivity contribution in [3.63, 3.8) is 0 Å². The second-order valence-electron chi connectivity index (χ2n) is 8.11. The normalized spacial score (nSPS) is 11.6. The molecule has 0 aliphatic heterocycles. The summed E-state index contributed by atoms with van der Waals surface area (Å²) < 4.78 is 29.9. The van der Waals surface area contributed by atoms with E-state index < -0.39 is 24.0 Å². The van der Waals surface area contributed by atoms with Gasteiger partial charge in [0.1, 0.15) is 23.9 Å². The Morgan fingerprint density at radius 2 is 1.81 bits per heavy atom. The molecule has 36 heavy (non-hydrogen) atoms. The Hall–Kier alpha value is -2.78. The molecule has 1 amide bonds. The average Bonchev–Trinajstić information content (AvgIpc) is 2.85. The van der Waals surface area contributed by atoms with Crippen molar-refractivity contribution in [2.45, 2.75) is 45.6 Å². The van der Waals surface area contributed by atoms with Crippen LogP contribution in [0.1, 0.15) is 38.7 Å². The van der Waals surface area contributed by atoms with Crippen molar-refractivity contribution in [2.24, 2.45) is 0 Å². The van der Waals surface area contributed by atoms with Crippen molar-refractivity contribution in [3.8, 4) is 11.5 Å². The molecule has 0 aliphatic rings. The summed E-state index contributed by atoms with van der Waals surface area (Å²) >= 11 is 1.79. The van der Waals surface area contributed by atoms with Crippen LogP contribution in [0.15, 0.2) is 48.5 Å². The van der Waals surface area contributed by atoms with Gasteiger partial charge in [-0.3, -0.25) is 0 Å². The molecular weight excluding hydrogens is 485 g/mol. The summed E-state index contributed by atoms with van der Waals surface area (Å²) in [7, 11) is 0. The first-order chi connectivity index (χ1) is 17.4. The Kier molecular flexibility index (Phi) is 13.8. The molecule has 0 spiro atoms. The summed E-state index contributed by atoms with van der Waals surface area (Å²) in [6.07, 6.45) is 2.32. The fraction of sp³-hybridized carbons (Fsp3) is 0.481. The molecule has 0 aromatic heterocycles. The van der Waals surface area contributed by atoms with E-state index in [9.17, 15) is 19.1 Å². The molecule has 1 atom stereocenters. The molecule has 2 aromatic carbocycles. The van der Waals surface area contributed by atoms with E-state index in [0.29, 0.717) is 25.4 Å². The average molecular weight is 522 g/mol. The van der Waals surface area contributed by atoms with E-state index in [1.165, 1.54) is 30.7 Å². The van der Waals surface area contributed by atoms with E-state index in [1.54, 1.807) is 47.9 Å². The zero-order valence-electron chi connectivity index (χ0n) is 21.0. The number of aliphatic carboxylic acids is 1. The molecule has 0 saturated heterocycles. The Labute approximate surface area is 216 Å². The van der Waals surface area contributed by atoms with Crippen molar-refractivity contribution in [3.05, 3.63) is 59.9 Å². The number of amides is 1. The van der Waals surface area contributed by atoms with Gasteiger partial charge < -0.3 is 24.2 Å². The van der Waals surface area contributed by atoms with Gasteiger partial charge in [-0.05, 0) is 48.9 Å². The number of ether oxygens (including phenoxy) is 3. The smallest absolute Gasteiger partial charge is 0.415 e. The Balaban J connectivity index is 1.89. The first-order valence-corrected chi connectivity index (χ1v) is 13.4. The van der Waals surface area contributed by atoms with Crippen LogP contribution in [0.2, 0.25) is 0 Å². The molecule has 198 valence electrons. The molecule has 0 bridgehead atoms. The molecule has 0 heterocycles. The van der Waals surface area contributed by atoms with Gasteiger partial charge in [-0.25, -0.2) is 14.0 Å². The van der Waals surface area contributed by atoms with E-state index in [1.807, 2.05) is 0 Å². The molecule has 9 heteroatoms. The van der Waals surface area contributed by atoms with Crippen LogP contribution in [0, 0.1) is 5.82 Å². The van der Waals surface area contributed by atoms with Crippen LogP contribution in [0.3, 0.4) is 0 Å². The van der Waals surface area contributed by atoms with Gasteiger partial charge in [0.25, 0.3) is 0 Å². The second kappa shape index (κ2) is 16.8. The number of halogens is 1. The third kappa shape index (κ3) is 11.3. The van der Waals surface area contributed by atoms with Crippen molar-refractivity contribution in [2.75, 3.05) is 37.8 Å².